The highest BCUT2D eigenvalue weighted by Crippen LogP contribution is 1.76. The molecule has 0 rings (SSSR count). The zero-order valence-corrected chi connectivity index (χ0v) is 4.73. The summed E-state index contributed by atoms with van der Waals surface area (Å²) >= 11 is 0. The molecule has 0 aromatic heterocycles. The van der Waals surface area contributed by atoms with E-state index in [0.29, 0.717) is 5.84 Å². The lowest BCUT2D eigenvalue weighted by atomic mass is 10.5. The predicted molar refractivity (Wildman–Crippen MR) is 31.6 cm³/mol. The van der Waals surface area contributed by atoms with Crippen LogP contribution in [0, 0.1) is 5.41 Å². The first-order valence-electron chi connectivity index (χ1n) is 2.06. The van der Waals surface area contributed by atoms with Crippen molar-refractivity contribution in [3.63, 3.8) is 0 Å². The molecule has 0 amide bonds. The molecule has 0 aliphatic carbocycles. The van der Waals surface area contributed by atoms with Crippen LogP contribution >= 0.6 is 0 Å². The molecule has 40 valence electrons. The highest BCUT2D eigenvalue weighted by Gasteiger charge is 1.86. The lowest BCUT2D eigenvalue weighted by Gasteiger charge is -2.07. The van der Waals surface area contributed by atoms with Crippen LogP contribution in [0.3, 0.4) is 0 Å². The van der Waals surface area contributed by atoms with Gasteiger partial charge in [-0.1, -0.05) is 6.58 Å². The number of nitrogens with zero attached hydrogens (tertiary/aromatic N) is 1. The highest BCUT2D eigenvalue weighted by atomic mass is 15.1. The van der Waals surface area contributed by atoms with E-state index in [2.05, 4.69) is 6.58 Å². The second-order valence-electron chi connectivity index (χ2n) is 1.48. The maximum Gasteiger partial charge on any atom is 0.119 e. The molecule has 0 saturated carbocycles. The molecular weight excluding hydrogens is 88.1 g/mol. The second-order valence-corrected chi connectivity index (χ2v) is 1.48. The molecule has 7 heavy (non-hydrogen) atoms. The van der Waals surface area contributed by atoms with Crippen molar-refractivity contribution in [2.75, 3.05) is 14.1 Å². The zero-order chi connectivity index (χ0) is 5.86. The second kappa shape index (κ2) is 2.39. The van der Waals surface area contributed by atoms with E-state index in [1.165, 1.54) is 6.08 Å². The van der Waals surface area contributed by atoms with Gasteiger partial charge in [-0.25, -0.2) is 0 Å². The molecule has 0 atom stereocenters. The molecule has 0 saturated heterocycles. The van der Waals surface area contributed by atoms with Crippen molar-refractivity contribution in [2.24, 2.45) is 0 Å². The molecule has 0 aliphatic rings. The maximum absolute atomic E-state index is 7.00. The van der Waals surface area contributed by atoms with Gasteiger partial charge in [0, 0.05) is 14.1 Å². The molecule has 2 heteroatoms. The fraction of sp³-hybridized carbons (Fsp3) is 0.400. The summed E-state index contributed by atoms with van der Waals surface area (Å²) in [4.78, 5) is 1.69. The lowest BCUT2D eigenvalue weighted by molar-refractivity contribution is 0.622. The standard InChI is InChI=1S/C5H10N2/c1-4-5(6)7(2)3/h4,6H,1H2,2-3H3. The first-order chi connectivity index (χ1) is 3.18. The first-order valence-corrected chi connectivity index (χ1v) is 2.06. The van der Waals surface area contributed by atoms with Crippen molar-refractivity contribution in [1.82, 2.24) is 4.90 Å². The SMILES string of the molecule is C=CC(=N)N(C)C. The van der Waals surface area contributed by atoms with Crippen molar-refractivity contribution >= 4 is 5.84 Å². The Morgan fingerprint density at radius 1 is 1.71 bits per heavy atom. The van der Waals surface area contributed by atoms with E-state index in [1.54, 1.807) is 4.90 Å². The van der Waals surface area contributed by atoms with Gasteiger partial charge in [0.15, 0.2) is 0 Å². The van der Waals surface area contributed by atoms with Crippen molar-refractivity contribution in [3.05, 3.63) is 12.7 Å². The molecule has 0 bridgehead atoms. The quantitative estimate of drug-likeness (QED) is 0.379. The number of hydrogen-bond donors (Lipinski definition) is 1. The predicted octanol–water partition coefficient (Wildman–Crippen LogP) is 0.711. The minimum Gasteiger partial charge on any atom is -0.363 e. The third-order valence-electron chi connectivity index (χ3n) is 0.675. The number of hydrogen-bond acceptors (Lipinski definition) is 1. The molecule has 0 aliphatic heterocycles. The highest BCUT2D eigenvalue weighted by molar-refractivity contribution is 5.89. The first kappa shape index (κ1) is 6.21. The van der Waals surface area contributed by atoms with Gasteiger partial charge in [-0.3, -0.25) is 5.41 Å². The fourth-order valence-electron chi connectivity index (χ4n) is 0.183. The molecule has 0 fully saturated rings. The summed E-state index contributed by atoms with van der Waals surface area (Å²) in [6.45, 7) is 3.42. The summed E-state index contributed by atoms with van der Waals surface area (Å²) in [5.41, 5.74) is 0. The van der Waals surface area contributed by atoms with Crippen molar-refractivity contribution in [1.29, 1.82) is 5.41 Å². The van der Waals surface area contributed by atoms with Crippen LogP contribution in [0.4, 0.5) is 0 Å². The molecule has 0 heterocycles. The van der Waals surface area contributed by atoms with Gasteiger partial charge in [-0.15, -0.1) is 0 Å². The van der Waals surface area contributed by atoms with Crippen LogP contribution in [-0.2, 0) is 0 Å². The molecule has 0 unspecified atom stereocenters. The topological polar surface area (TPSA) is 27.1 Å². The summed E-state index contributed by atoms with van der Waals surface area (Å²) in [7, 11) is 3.62. The number of nitrogens with one attached hydrogen (secondary N) is 1. The van der Waals surface area contributed by atoms with Gasteiger partial charge >= 0.3 is 0 Å². The van der Waals surface area contributed by atoms with E-state index in [4.69, 9.17) is 5.41 Å². The van der Waals surface area contributed by atoms with E-state index in [9.17, 15) is 0 Å². The van der Waals surface area contributed by atoms with E-state index >= 15 is 0 Å². The van der Waals surface area contributed by atoms with Crippen LogP contribution in [0.5, 0.6) is 0 Å². The lowest BCUT2D eigenvalue weighted by Crippen LogP contribution is -2.17. The van der Waals surface area contributed by atoms with Gasteiger partial charge in [-0.05, 0) is 6.08 Å². The van der Waals surface area contributed by atoms with Crippen LogP contribution < -0.4 is 0 Å². The Bertz CT molecular complexity index is 84.1. The zero-order valence-electron chi connectivity index (χ0n) is 4.73. The Hall–Kier alpha value is -0.790. The largest absolute Gasteiger partial charge is 0.363 e. The molecule has 0 aromatic rings. The summed E-state index contributed by atoms with van der Waals surface area (Å²) in [6.07, 6.45) is 1.50. The number of amidine groups is 1. The summed E-state index contributed by atoms with van der Waals surface area (Å²) in [5.74, 6) is 0.444. The van der Waals surface area contributed by atoms with Gasteiger partial charge in [0.05, 0.1) is 0 Å². The van der Waals surface area contributed by atoms with Crippen LogP contribution in [0.2, 0.25) is 0 Å². The Kier molecular flexibility index (Phi) is 2.12. The minimum atomic E-state index is 0.444. The van der Waals surface area contributed by atoms with Crippen molar-refractivity contribution < 1.29 is 0 Å². The van der Waals surface area contributed by atoms with Crippen LogP contribution in [0.1, 0.15) is 0 Å². The average Bonchev–Trinajstić information content (AvgIpc) is 1.65. The van der Waals surface area contributed by atoms with Gasteiger partial charge in [0.2, 0.25) is 0 Å². The van der Waals surface area contributed by atoms with E-state index in [-0.39, 0.29) is 0 Å². The summed E-state index contributed by atoms with van der Waals surface area (Å²) in [5, 5.41) is 7.00. The molecule has 0 spiro atoms. The normalized spacial score (nSPS) is 7.71. The fourth-order valence-corrected chi connectivity index (χ4v) is 0.183. The molecule has 2 nitrogen and oxygen atoms in total. The Morgan fingerprint density at radius 3 is 2.14 bits per heavy atom. The monoisotopic (exact) mass is 98.1 g/mol. The Morgan fingerprint density at radius 2 is 2.14 bits per heavy atom. The number of rotatable bonds is 1. The van der Waals surface area contributed by atoms with E-state index in [0.717, 1.165) is 0 Å². The maximum atomic E-state index is 7.00. The van der Waals surface area contributed by atoms with Crippen LogP contribution in [0.25, 0.3) is 0 Å². The number of likely N-dealkylation sites (N-methyl/N-ethyl adjacent to an activating group) is 1. The van der Waals surface area contributed by atoms with Gasteiger partial charge < -0.3 is 4.90 Å². The third kappa shape index (κ3) is 1.98. The van der Waals surface area contributed by atoms with Gasteiger partial charge in [-0.2, -0.15) is 0 Å². The molecular formula is C5H10N2. The molecule has 0 aromatic carbocycles. The van der Waals surface area contributed by atoms with E-state index in [1.807, 2.05) is 14.1 Å². The van der Waals surface area contributed by atoms with E-state index < -0.39 is 0 Å². The van der Waals surface area contributed by atoms with Crippen LogP contribution in [-0.4, -0.2) is 24.8 Å². The van der Waals surface area contributed by atoms with Crippen LogP contribution in [0.15, 0.2) is 12.7 Å². The third-order valence-corrected chi connectivity index (χ3v) is 0.675. The van der Waals surface area contributed by atoms with Crippen molar-refractivity contribution in [2.45, 2.75) is 0 Å². The summed E-state index contributed by atoms with van der Waals surface area (Å²) in [6, 6.07) is 0. The molecule has 0 radical (unpaired) electrons. The minimum absolute atomic E-state index is 0.444. The Balaban J connectivity index is 3.56. The smallest absolute Gasteiger partial charge is 0.119 e. The molecule has 1 N–H and O–H groups in total. The van der Waals surface area contributed by atoms with Gasteiger partial charge in [0.25, 0.3) is 0 Å². The summed E-state index contributed by atoms with van der Waals surface area (Å²) < 4.78 is 0. The van der Waals surface area contributed by atoms with Crippen molar-refractivity contribution in [3.8, 4) is 0 Å². The Labute approximate surface area is 44.0 Å². The average molecular weight is 98.1 g/mol. The van der Waals surface area contributed by atoms with Gasteiger partial charge in [0.1, 0.15) is 5.84 Å².